The molecule has 3 unspecified atom stereocenters. The summed E-state index contributed by atoms with van der Waals surface area (Å²) < 4.78 is 19.8. The zero-order chi connectivity index (χ0) is 28.9. The molecule has 6 N–H and O–H groups in total. The summed E-state index contributed by atoms with van der Waals surface area (Å²) in [6.07, 6.45) is 11.9. The monoisotopic (exact) mass is 564 g/mol. The molecule has 0 radical (unpaired) electrons. The van der Waals surface area contributed by atoms with E-state index < -0.39 is 0 Å². The second kappa shape index (κ2) is 14.5. The van der Waals surface area contributed by atoms with Gasteiger partial charge in [-0.2, -0.15) is 0 Å². The number of nitrogens with two attached hydrogens (primary N) is 3. The standard InChI is InChI=1S/C33H64N4O3/c1-6-37(5)16-7-8-23(2)26-9-10-27-31-28(22-30(33(26,27)4)40-19-15-36)32(3)12-11-25(38-17-13-34)20-24(32)21-29(31)39-18-14-35/h23-31H,6-22,34-36H2,1-5H3/t23-,24?,25+,26-,27+,28+,29-,30+,31?,32+,33?/m1/s1. The summed E-state index contributed by atoms with van der Waals surface area (Å²) in [6.45, 7) is 16.1. The lowest BCUT2D eigenvalue weighted by Gasteiger charge is -2.64. The molecule has 4 saturated carbocycles. The van der Waals surface area contributed by atoms with Crippen LogP contribution >= 0.6 is 0 Å². The first-order valence-electron chi connectivity index (χ1n) is 16.9. The second-order valence-electron chi connectivity index (χ2n) is 14.4. The maximum Gasteiger partial charge on any atom is 0.0637 e. The summed E-state index contributed by atoms with van der Waals surface area (Å²) in [6, 6.07) is 0. The van der Waals surface area contributed by atoms with Crippen molar-refractivity contribution in [3.63, 3.8) is 0 Å². The van der Waals surface area contributed by atoms with Gasteiger partial charge in [0.05, 0.1) is 38.1 Å². The Morgan fingerprint density at radius 3 is 2.27 bits per heavy atom. The van der Waals surface area contributed by atoms with Crippen molar-refractivity contribution >= 4 is 0 Å². The van der Waals surface area contributed by atoms with Crippen LogP contribution in [-0.4, -0.2) is 82.8 Å². The van der Waals surface area contributed by atoms with Gasteiger partial charge in [-0.15, -0.1) is 0 Å². The van der Waals surface area contributed by atoms with Crippen LogP contribution in [0.5, 0.6) is 0 Å². The van der Waals surface area contributed by atoms with Crippen LogP contribution in [0.25, 0.3) is 0 Å². The first kappa shape index (κ1) is 32.6. The van der Waals surface area contributed by atoms with Gasteiger partial charge in [0.15, 0.2) is 0 Å². The molecule has 7 heteroatoms. The first-order valence-corrected chi connectivity index (χ1v) is 16.9. The highest BCUT2D eigenvalue weighted by Crippen LogP contribution is 2.69. The van der Waals surface area contributed by atoms with Gasteiger partial charge in [0, 0.05) is 25.0 Å². The summed E-state index contributed by atoms with van der Waals surface area (Å²) in [5.41, 5.74) is 18.3. The normalized spacial score (nSPS) is 41.9. The van der Waals surface area contributed by atoms with Gasteiger partial charge in [-0.3, -0.25) is 0 Å². The Bertz CT molecular complexity index is 772. The SMILES string of the molecule is CCN(C)CCC[C@@H](C)[C@H]1CC[C@H]2C3[C@H](OCCN)CC4C[C@@H](OCCN)CC[C@]4(C)[C@H]3C[C@H](OCCN)C12C. The minimum absolute atomic E-state index is 0.168. The molecular formula is C33H64N4O3. The minimum atomic E-state index is 0.168. The van der Waals surface area contributed by atoms with E-state index in [0.717, 1.165) is 32.2 Å². The molecule has 40 heavy (non-hydrogen) atoms. The van der Waals surface area contributed by atoms with E-state index in [0.29, 0.717) is 86.5 Å². The van der Waals surface area contributed by atoms with Crippen LogP contribution < -0.4 is 17.2 Å². The third kappa shape index (κ3) is 6.46. The molecule has 4 aliphatic carbocycles. The zero-order valence-corrected chi connectivity index (χ0v) is 26.6. The molecule has 0 amide bonds. The Morgan fingerprint density at radius 2 is 1.57 bits per heavy atom. The number of rotatable bonds is 15. The highest BCUT2D eigenvalue weighted by molar-refractivity contribution is 5.15. The van der Waals surface area contributed by atoms with E-state index >= 15 is 0 Å². The molecule has 0 spiro atoms. The topological polar surface area (TPSA) is 109 Å². The van der Waals surface area contributed by atoms with Crippen molar-refractivity contribution in [3.05, 3.63) is 0 Å². The lowest BCUT2D eigenvalue weighted by atomic mass is 9.43. The lowest BCUT2D eigenvalue weighted by Crippen LogP contribution is -2.63. The number of fused-ring (bicyclic) bond motifs is 5. The van der Waals surface area contributed by atoms with Gasteiger partial charge in [0.25, 0.3) is 0 Å². The fourth-order valence-electron chi connectivity index (χ4n) is 10.3. The largest absolute Gasteiger partial charge is 0.377 e. The number of nitrogens with zero attached hydrogens (tertiary/aromatic N) is 1. The molecule has 0 aromatic rings. The molecule has 0 aliphatic heterocycles. The van der Waals surface area contributed by atoms with Crippen LogP contribution in [0, 0.1) is 46.3 Å². The van der Waals surface area contributed by atoms with Gasteiger partial charge >= 0.3 is 0 Å². The number of ether oxygens (including phenoxy) is 3. The molecule has 11 atom stereocenters. The molecule has 0 aromatic carbocycles. The van der Waals surface area contributed by atoms with E-state index in [4.69, 9.17) is 31.4 Å². The summed E-state index contributed by atoms with van der Waals surface area (Å²) in [5, 5.41) is 0. The Hall–Kier alpha value is -0.280. The van der Waals surface area contributed by atoms with E-state index in [1.807, 2.05) is 0 Å². The lowest BCUT2D eigenvalue weighted by molar-refractivity contribution is -0.226. The van der Waals surface area contributed by atoms with E-state index in [2.05, 4.69) is 39.6 Å². The maximum absolute atomic E-state index is 6.82. The van der Waals surface area contributed by atoms with Crippen LogP contribution in [0.4, 0.5) is 0 Å². The third-order valence-corrected chi connectivity index (χ3v) is 12.5. The van der Waals surface area contributed by atoms with Crippen molar-refractivity contribution < 1.29 is 14.2 Å². The predicted molar refractivity (Wildman–Crippen MR) is 164 cm³/mol. The highest BCUT2D eigenvalue weighted by atomic mass is 16.5. The third-order valence-electron chi connectivity index (χ3n) is 12.5. The molecule has 234 valence electrons. The molecule has 0 aromatic heterocycles. The average Bonchev–Trinajstić information content (AvgIpc) is 3.31. The molecule has 4 fully saturated rings. The van der Waals surface area contributed by atoms with E-state index in [-0.39, 0.29) is 17.6 Å². The molecule has 0 heterocycles. The maximum atomic E-state index is 6.82. The van der Waals surface area contributed by atoms with Crippen LogP contribution in [0.2, 0.25) is 0 Å². The van der Waals surface area contributed by atoms with Crippen LogP contribution in [0.3, 0.4) is 0 Å². The fraction of sp³-hybridized carbons (Fsp3) is 1.00. The summed E-state index contributed by atoms with van der Waals surface area (Å²) in [5.74, 6) is 3.82. The van der Waals surface area contributed by atoms with E-state index in [1.165, 1.54) is 38.6 Å². The molecular weight excluding hydrogens is 500 g/mol. The van der Waals surface area contributed by atoms with Gasteiger partial charge in [-0.25, -0.2) is 0 Å². The molecule has 0 saturated heterocycles. The molecule has 4 aliphatic rings. The Morgan fingerprint density at radius 1 is 0.875 bits per heavy atom. The van der Waals surface area contributed by atoms with E-state index in [1.54, 1.807) is 0 Å². The Kier molecular flexibility index (Phi) is 11.8. The smallest absolute Gasteiger partial charge is 0.0637 e. The predicted octanol–water partition coefficient (Wildman–Crippen LogP) is 4.26. The van der Waals surface area contributed by atoms with Crippen molar-refractivity contribution in [2.75, 3.05) is 59.6 Å². The van der Waals surface area contributed by atoms with Gasteiger partial charge in [0.1, 0.15) is 0 Å². The first-order chi connectivity index (χ1) is 19.2. The second-order valence-corrected chi connectivity index (χ2v) is 14.4. The fourth-order valence-corrected chi connectivity index (χ4v) is 10.3. The Balaban J connectivity index is 1.61. The summed E-state index contributed by atoms with van der Waals surface area (Å²) in [7, 11) is 2.24. The summed E-state index contributed by atoms with van der Waals surface area (Å²) >= 11 is 0. The summed E-state index contributed by atoms with van der Waals surface area (Å²) in [4.78, 5) is 2.44. The van der Waals surface area contributed by atoms with Gasteiger partial charge in [-0.1, -0.05) is 27.7 Å². The Labute approximate surface area is 246 Å². The quantitative estimate of drug-likeness (QED) is 0.273. The molecule has 4 rings (SSSR count). The van der Waals surface area contributed by atoms with E-state index in [9.17, 15) is 0 Å². The van der Waals surface area contributed by atoms with Crippen molar-refractivity contribution in [1.82, 2.24) is 4.90 Å². The minimum Gasteiger partial charge on any atom is -0.377 e. The average molecular weight is 565 g/mol. The van der Waals surface area contributed by atoms with Crippen LogP contribution in [0.15, 0.2) is 0 Å². The van der Waals surface area contributed by atoms with Crippen molar-refractivity contribution in [3.8, 4) is 0 Å². The number of hydrogen-bond acceptors (Lipinski definition) is 7. The van der Waals surface area contributed by atoms with Crippen molar-refractivity contribution in [2.45, 2.75) is 104 Å². The van der Waals surface area contributed by atoms with Crippen LogP contribution in [0.1, 0.15) is 85.5 Å². The number of hydrogen-bond donors (Lipinski definition) is 3. The van der Waals surface area contributed by atoms with Crippen molar-refractivity contribution in [1.29, 1.82) is 0 Å². The zero-order valence-electron chi connectivity index (χ0n) is 26.6. The van der Waals surface area contributed by atoms with Gasteiger partial charge in [0.2, 0.25) is 0 Å². The van der Waals surface area contributed by atoms with Crippen LogP contribution in [-0.2, 0) is 14.2 Å². The van der Waals surface area contributed by atoms with Crippen molar-refractivity contribution in [2.24, 2.45) is 63.5 Å². The van der Waals surface area contributed by atoms with Gasteiger partial charge in [-0.05, 0) is 119 Å². The molecule has 0 bridgehead atoms. The highest BCUT2D eigenvalue weighted by Gasteiger charge is 2.66. The molecule has 7 nitrogen and oxygen atoms in total. The van der Waals surface area contributed by atoms with Gasteiger partial charge < -0.3 is 36.3 Å².